The molecule has 0 saturated carbocycles. The Labute approximate surface area is 189 Å². The SMILES string of the molecule is CCCOc1cc(Br)c(CNCCSc2nnnn2-c2ccccc2)cc1OCC. The van der Waals surface area contributed by atoms with E-state index in [4.69, 9.17) is 9.47 Å². The lowest BCUT2D eigenvalue weighted by Crippen LogP contribution is -2.17. The molecule has 0 radical (unpaired) electrons. The standard InChI is InChI=1S/C21H26BrN5O2S/c1-3-11-29-20-14-18(22)16(13-19(20)28-4-2)15-23-10-12-30-21-24-25-26-27(21)17-8-6-5-7-9-17/h5-9,13-14,23H,3-4,10-12,15H2,1-2H3. The zero-order valence-corrected chi connectivity index (χ0v) is 19.6. The smallest absolute Gasteiger partial charge is 0.214 e. The van der Waals surface area contributed by atoms with E-state index in [0.29, 0.717) is 13.2 Å². The summed E-state index contributed by atoms with van der Waals surface area (Å²) in [5, 5.41) is 16.3. The third-order valence-corrected chi connectivity index (χ3v) is 5.80. The predicted molar refractivity (Wildman–Crippen MR) is 123 cm³/mol. The van der Waals surface area contributed by atoms with Gasteiger partial charge in [0.15, 0.2) is 11.5 Å². The van der Waals surface area contributed by atoms with Crippen molar-refractivity contribution in [3.8, 4) is 17.2 Å². The highest BCUT2D eigenvalue weighted by atomic mass is 79.9. The third kappa shape index (κ3) is 6.20. The summed E-state index contributed by atoms with van der Waals surface area (Å²) in [5.41, 5.74) is 2.08. The van der Waals surface area contributed by atoms with Crippen LogP contribution in [0.25, 0.3) is 5.69 Å². The molecule has 1 heterocycles. The van der Waals surface area contributed by atoms with Gasteiger partial charge in [0, 0.05) is 23.3 Å². The van der Waals surface area contributed by atoms with E-state index >= 15 is 0 Å². The van der Waals surface area contributed by atoms with Crippen LogP contribution in [0.5, 0.6) is 11.5 Å². The van der Waals surface area contributed by atoms with Gasteiger partial charge >= 0.3 is 0 Å². The molecular weight excluding hydrogens is 466 g/mol. The summed E-state index contributed by atoms with van der Waals surface area (Å²) in [6, 6.07) is 13.9. The van der Waals surface area contributed by atoms with E-state index in [9.17, 15) is 0 Å². The Morgan fingerprint density at radius 1 is 1.10 bits per heavy atom. The van der Waals surface area contributed by atoms with Crippen molar-refractivity contribution < 1.29 is 9.47 Å². The maximum absolute atomic E-state index is 5.81. The zero-order chi connectivity index (χ0) is 21.2. The molecule has 3 aromatic rings. The van der Waals surface area contributed by atoms with Gasteiger partial charge in [-0.15, -0.1) is 5.10 Å². The van der Waals surface area contributed by atoms with Crippen molar-refractivity contribution in [1.29, 1.82) is 0 Å². The molecule has 3 rings (SSSR count). The second-order valence-electron chi connectivity index (χ2n) is 6.41. The third-order valence-electron chi connectivity index (χ3n) is 4.14. The molecule has 160 valence electrons. The highest BCUT2D eigenvalue weighted by molar-refractivity contribution is 9.10. The van der Waals surface area contributed by atoms with Crippen molar-refractivity contribution in [2.45, 2.75) is 32.0 Å². The maximum Gasteiger partial charge on any atom is 0.214 e. The first-order chi connectivity index (χ1) is 14.7. The van der Waals surface area contributed by atoms with Crippen LogP contribution >= 0.6 is 27.7 Å². The number of nitrogens with zero attached hydrogens (tertiary/aromatic N) is 4. The molecule has 30 heavy (non-hydrogen) atoms. The van der Waals surface area contributed by atoms with Gasteiger partial charge in [-0.25, -0.2) is 0 Å². The molecule has 0 amide bonds. The van der Waals surface area contributed by atoms with Crippen molar-refractivity contribution in [1.82, 2.24) is 25.5 Å². The van der Waals surface area contributed by atoms with Crippen LogP contribution in [0.3, 0.4) is 0 Å². The Bertz CT molecular complexity index is 923. The molecule has 0 atom stereocenters. The lowest BCUT2D eigenvalue weighted by Gasteiger charge is -2.15. The quantitative estimate of drug-likeness (QED) is 0.295. The van der Waals surface area contributed by atoms with E-state index in [1.54, 1.807) is 16.4 Å². The van der Waals surface area contributed by atoms with Gasteiger partial charge in [-0.2, -0.15) is 4.68 Å². The van der Waals surface area contributed by atoms with Crippen molar-refractivity contribution >= 4 is 27.7 Å². The van der Waals surface area contributed by atoms with Crippen LogP contribution in [0.15, 0.2) is 52.1 Å². The molecule has 7 nitrogen and oxygen atoms in total. The summed E-state index contributed by atoms with van der Waals surface area (Å²) in [5.74, 6) is 2.40. The zero-order valence-electron chi connectivity index (χ0n) is 17.2. The van der Waals surface area contributed by atoms with Gasteiger partial charge in [0.1, 0.15) is 0 Å². The molecule has 0 aliphatic rings. The number of nitrogens with one attached hydrogen (secondary N) is 1. The van der Waals surface area contributed by atoms with Crippen molar-refractivity contribution in [3.05, 3.63) is 52.5 Å². The first kappa shape index (κ1) is 22.6. The molecule has 0 bridgehead atoms. The molecule has 0 unspecified atom stereocenters. The van der Waals surface area contributed by atoms with Gasteiger partial charge in [0.25, 0.3) is 0 Å². The summed E-state index contributed by atoms with van der Waals surface area (Å²) in [6.45, 7) is 6.87. The first-order valence-electron chi connectivity index (χ1n) is 9.98. The van der Waals surface area contributed by atoms with E-state index < -0.39 is 0 Å². The van der Waals surface area contributed by atoms with Crippen LogP contribution < -0.4 is 14.8 Å². The molecule has 0 saturated heterocycles. The van der Waals surface area contributed by atoms with Gasteiger partial charge in [-0.3, -0.25) is 0 Å². The Hall–Kier alpha value is -2.10. The van der Waals surface area contributed by atoms with Crippen LogP contribution in [0, 0.1) is 0 Å². The summed E-state index contributed by atoms with van der Waals surface area (Å²) in [7, 11) is 0. The number of ether oxygens (including phenoxy) is 2. The van der Waals surface area contributed by atoms with E-state index in [0.717, 1.165) is 57.6 Å². The monoisotopic (exact) mass is 491 g/mol. The second-order valence-corrected chi connectivity index (χ2v) is 8.32. The normalized spacial score (nSPS) is 10.9. The fraction of sp³-hybridized carbons (Fsp3) is 0.381. The van der Waals surface area contributed by atoms with Gasteiger partial charge < -0.3 is 14.8 Å². The van der Waals surface area contributed by atoms with Crippen molar-refractivity contribution in [2.24, 2.45) is 0 Å². The van der Waals surface area contributed by atoms with E-state index in [1.807, 2.05) is 49.4 Å². The Balaban J connectivity index is 1.52. The van der Waals surface area contributed by atoms with E-state index in [-0.39, 0.29) is 0 Å². The minimum atomic E-state index is 0.601. The molecule has 0 aliphatic carbocycles. The molecule has 9 heteroatoms. The average Bonchev–Trinajstić information content (AvgIpc) is 3.23. The highest BCUT2D eigenvalue weighted by Crippen LogP contribution is 2.34. The number of thioether (sulfide) groups is 1. The largest absolute Gasteiger partial charge is 0.490 e. The number of halogens is 1. The summed E-state index contributed by atoms with van der Waals surface area (Å²) < 4.78 is 14.3. The predicted octanol–water partition coefficient (Wildman–Crippen LogP) is 4.49. The Morgan fingerprint density at radius 3 is 2.67 bits per heavy atom. The number of hydrogen-bond acceptors (Lipinski definition) is 7. The van der Waals surface area contributed by atoms with E-state index in [2.05, 4.69) is 43.7 Å². The number of para-hydroxylation sites is 1. The van der Waals surface area contributed by atoms with E-state index in [1.165, 1.54) is 0 Å². The number of aromatic nitrogens is 4. The second kappa shape index (κ2) is 11.9. The molecule has 0 aliphatic heterocycles. The Kier molecular flexibility index (Phi) is 8.98. The van der Waals surface area contributed by atoms with Crippen molar-refractivity contribution in [2.75, 3.05) is 25.5 Å². The van der Waals surface area contributed by atoms with Gasteiger partial charge in [-0.1, -0.05) is 52.8 Å². The number of rotatable bonds is 12. The minimum absolute atomic E-state index is 0.601. The van der Waals surface area contributed by atoms with Gasteiger partial charge in [0.2, 0.25) is 5.16 Å². The topological polar surface area (TPSA) is 74.1 Å². The maximum atomic E-state index is 5.81. The van der Waals surface area contributed by atoms with Crippen molar-refractivity contribution in [3.63, 3.8) is 0 Å². The van der Waals surface area contributed by atoms with Crippen LogP contribution in [0.2, 0.25) is 0 Å². The summed E-state index contributed by atoms with van der Waals surface area (Å²) >= 11 is 5.27. The lowest BCUT2D eigenvalue weighted by atomic mass is 10.2. The molecular formula is C21H26BrN5O2S. The highest BCUT2D eigenvalue weighted by Gasteiger charge is 2.11. The fourth-order valence-corrected chi connectivity index (χ4v) is 3.99. The molecule has 0 spiro atoms. The average molecular weight is 492 g/mol. The van der Waals surface area contributed by atoms with Crippen LogP contribution in [0.4, 0.5) is 0 Å². The molecule has 1 aromatic heterocycles. The summed E-state index contributed by atoms with van der Waals surface area (Å²) in [4.78, 5) is 0. The first-order valence-corrected chi connectivity index (χ1v) is 11.8. The molecule has 0 fully saturated rings. The minimum Gasteiger partial charge on any atom is -0.490 e. The van der Waals surface area contributed by atoms with Crippen LogP contribution in [0.1, 0.15) is 25.8 Å². The number of benzene rings is 2. The number of tetrazole rings is 1. The Morgan fingerprint density at radius 2 is 1.90 bits per heavy atom. The van der Waals surface area contributed by atoms with Gasteiger partial charge in [-0.05, 0) is 53.6 Å². The summed E-state index contributed by atoms with van der Waals surface area (Å²) in [6.07, 6.45) is 0.956. The van der Waals surface area contributed by atoms with Crippen LogP contribution in [-0.4, -0.2) is 45.7 Å². The number of hydrogen-bond donors (Lipinski definition) is 1. The fourth-order valence-electron chi connectivity index (χ4n) is 2.74. The molecule has 2 aromatic carbocycles. The van der Waals surface area contributed by atoms with Gasteiger partial charge in [0.05, 0.1) is 18.9 Å². The van der Waals surface area contributed by atoms with Crippen LogP contribution in [-0.2, 0) is 6.54 Å². The molecule has 1 N–H and O–H groups in total. The lowest BCUT2D eigenvalue weighted by molar-refractivity contribution is 0.276.